The van der Waals surface area contributed by atoms with E-state index in [1.807, 2.05) is 24.3 Å². The number of aliphatic imine (C=N–C) groups is 1. The van der Waals surface area contributed by atoms with Crippen LogP contribution in [0.2, 0.25) is 0 Å². The summed E-state index contributed by atoms with van der Waals surface area (Å²) in [6.07, 6.45) is 11.2. The van der Waals surface area contributed by atoms with Crippen LogP contribution in [0.1, 0.15) is 18.4 Å². The number of rotatable bonds is 8. The lowest BCUT2D eigenvalue weighted by Gasteiger charge is -2.15. The molecule has 1 aromatic carbocycles. The minimum Gasteiger partial charge on any atom is -0.492 e. The molecule has 1 aliphatic rings. The smallest absolute Gasteiger partial charge is 0.159 e. The molecule has 0 atom stereocenters. The maximum Gasteiger partial charge on any atom is 0.159 e. The van der Waals surface area contributed by atoms with Gasteiger partial charge in [-0.15, -0.1) is 0 Å². The molecule has 5 heterocycles. The summed E-state index contributed by atoms with van der Waals surface area (Å²) >= 11 is 0. The molecule has 0 radical (unpaired) electrons. The molecule has 0 saturated carbocycles. The highest BCUT2D eigenvalue weighted by Crippen LogP contribution is 2.31. The maximum atomic E-state index is 14.7. The number of benzene rings is 1. The molecule has 0 bridgehead atoms. The van der Waals surface area contributed by atoms with Gasteiger partial charge in [0.1, 0.15) is 23.9 Å². The minimum absolute atomic E-state index is 0.380. The third kappa shape index (κ3) is 5.26. The van der Waals surface area contributed by atoms with E-state index < -0.39 is 0 Å². The number of imidazole rings is 1. The summed E-state index contributed by atoms with van der Waals surface area (Å²) in [5.74, 6) is 0.635. The minimum atomic E-state index is -0.380. The average Bonchev–Trinajstić information content (AvgIpc) is 3.72. The molecule has 1 aliphatic heterocycles. The first kappa shape index (κ1) is 25.6. The first-order valence-electron chi connectivity index (χ1n) is 13.2. The lowest BCUT2D eigenvalue weighted by atomic mass is 10.1. The van der Waals surface area contributed by atoms with E-state index in [2.05, 4.69) is 41.6 Å². The molecule has 10 heteroatoms. The van der Waals surface area contributed by atoms with Crippen LogP contribution in [0.5, 0.6) is 5.75 Å². The molecule has 202 valence electrons. The van der Waals surface area contributed by atoms with Gasteiger partial charge in [-0.3, -0.25) is 25.0 Å². The van der Waals surface area contributed by atoms with Crippen LogP contribution in [0.15, 0.2) is 60.1 Å². The Morgan fingerprint density at radius 1 is 1.15 bits per heavy atom. The molecule has 6 rings (SSSR count). The van der Waals surface area contributed by atoms with E-state index in [4.69, 9.17) is 9.72 Å². The van der Waals surface area contributed by atoms with Crippen molar-refractivity contribution in [3.63, 3.8) is 0 Å². The molecule has 0 amide bonds. The van der Waals surface area contributed by atoms with Crippen molar-refractivity contribution in [1.82, 2.24) is 35.0 Å². The second-order valence-electron chi connectivity index (χ2n) is 9.69. The van der Waals surface area contributed by atoms with Crippen LogP contribution in [-0.2, 0) is 0 Å². The van der Waals surface area contributed by atoms with Gasteiger partial charge in [0.25, 0.3) is 0 Å². The predicted octanol–water partition coefficient (Wildman–Crippen LogP) is 3.33. The Labute approximate surface area is 230 Å². The molecule has 0 unspecified atom stereocenters. The van der Waals surface area contributed by atoms with Crippen LogP contribution in [0.3, 0.4) is 0 Å². The number of fused-ring (bicyclic) bond motifs is 1. The van der Waals surface area contributed by atoms with Crippen molar-refractivity contribution >= 4 is 29.4 Å². The van der Waals surface area contributed by atoms with E-state index >= 15 is 0 Å². The fourth-order valence-corrected chi connectivity index (χ4v) is 5.02. The molecule has 0 spiro atoms. The van der Waals surface area contributed by atoms with E-state index in [-0.39, 0.29) is 5.82 Å². The van der Waals surface area contributed by atoms with Gasteiger partial charge in [-0.2, -0.15) is 5.10 Å². The Bertz CT molecular complexity index is 1790. The molecular formula is C30H29FN8O. The average molecular weight is 537 g/mol. The van der Waals surface area contributed by atoms with Crippen LogP contribution in [0, 0.1) is 5.82 Å². The first-order valence-corrected chi connectivity index (χ1v) is 13.2. The zero-order chi connectivity index (χ0) is 27.5. The molecule has 1 fully saturated rings. The number of nitrogens with zero attached hydrogens (tertiary/aromatic N) is 6. The van der Waals surface area contributed by atoms with Crippen molar-refractivity contribution in [2.75, 3.05) is 33.3 Å². The molecular weight excluding hydrogens is 507 g/mol. The van der Waals surface area contributed by atoms with Crippen LogP contribution < -0.4 is 15.3 Å². The van der Waals surface area contributed by atoms with Gasteiger partial charge in [0.05, 0.1) is 28.3 Å². The lowest BCUT2D eigenvalue weighted by molar-refractivity contribution is 0.237. The SMILES string of the molecule is C=c1[nH]nc(-c2nc3c(-c4cc(F)cc(OCCN5CCCC5)c4)cncc3[nH]2)/c1=C/C(=N\C)c1ccncc1. The van der Waals surface area contributed by atoms with Gasteiger partial charge in [-0.25, -0.2) is 9.37 Å². The second kappa shape index (κ2) is 11.2. The van der Waals surface area contributed by atoms with Crippen LogP contribution in [-0.4, -0.2) is 74.0 Å². The summed E-state index contributed by atoms with van der Waals surface area (Å²) in [4.78, 5) is 23.5. The topological polar surface area (TPSA) is 108 Å². The highest BCUT2D eigenvalue weighted by molar-refractivity contribution is 6.21. The van der Waals surface area contributed by atoms with E-state index in [1.165, 1.54) is 25.0 Å². The summed E-state index contributed by atoms with van der Waals surface area (Å²) < 4.78 is 20.6. The van der Waals surface area contributed by atoms with Gasteiger partial charge in [-0.1, -0.05) is 6.58 Å². The number of hydrogen-bond donors (Lipinski definition) is 2. The number of nitrogens with one attached hydrogen (secondary N) is 2. The maximum absolute atomic E-state index is 14.7. The molecule has 2 N–H and O–H groups in total. The molecule has 4 aromatic heterocycles. The van der Waals surface area contributed by atoms with E-state index in [0.29, 0.717) is 51.4 Å². The van der Waals surface area contributed by atoms with Crippen LogP contribution in [0.25, 0.3) is 46.3 Å². The number of hydrogen-bond acceptors (Lipinski definition) is 7. The number of likely N-dealkylation sites (tertiary alicyclic amines) is 1. The molecule has 1 saturated heterocycles. The zero-order valence-electron chi connectivity index (χ0n) is 22.2. The van der Waals surface area contributed by atoms with Crippen molar-refractivity contribution in [2.24, 2.45) is 4.99 Å². The summed E-state index contributed by atoms with van der Waals surface area (Å²) in [7, 11) is 1.73. The summed E-state index contributed by atoms with van der Waals surface area (Å²) in [5, 5.41) is 8.82. The first-order chi connectivity index (χ1) is 19.6. The van der Waals surface area contributed by atoms with Crippen molar-refractivity contribution < 1.29 is 9.13 Å². The predicted molar refractivity (Wildman–Crippen MR) is 154 cm³/mol. The van der Waals surface area contributed by atoms with Crippen LogP contribution >= 0.6 is 0 Å². The molecule has 9 nitrogen and oxygen atoms in total. The number of aromatic nitrogens is 6. The van der Waals surface area contributed by atoms with Gasteiger partial charge in [0.2, 0.25) is 0 Å². The van der Waals surface area contributed by atoms with Crippen molar-refractivity contribution in [3.05, 3.63) is 77.1 Å². The number of H-pyrrole nitrogens is 2. The van der Waals surface area contributed by atoms with E-state index in [9.17, 15) is 4.39 Å². The molecule has 5 aromatic rings. The fourth-order valence-electron chi connectivity index (χ4n) is 5.02. The van der Waals surface area contributed by atoms with Crippen molar-refractivity contribution in [3.8, 4) is 28.4 Å². The second-order valence-corrected chi connectivity index (χ2v) is 9.69. The quantitative estimate of drug-likeness (QED) is 0.295. The lowest BCUT2D eigenvalue weighted by Crippen LogP contribution is -2.25. The largest absolute Gasteiger partial charge is 0.492 e. The highest BCUT2D eigenvalue weighted by atomic mass is 19.1. The van der Waals surface area contributed by atoms with Gasteiger partial charge >= 0.3 is 0 Å². The third-order valence-electron chi connectivity index (χ3n) is 7.06. The standard InChI is InChI=1S/C30H29FN8O/c1-19-24(16-26(32-2)20-5-7-33-8-6-20)29(38-37-19)30-35-27-18-34-17-25(28(27)36-30)21-13-22(31)15-23(14-21)40-12-11-39-9-3-4-10-39/h5-8,13-18,37H,1,3-4,9-12H2,2H3,(H,35,36)/b24-16+,32-26+. The molecule has 0 aliphatic carbocycles. The van der Waals surface area contributed by atoms with Crippen molar-refractivity contribution in [1.29, 1.82) is 0 Å². The number of halogens is 1. The van der Waals surface area contributed by atoms with Gasteiger partial charge in [-0.05, 0) is 61.8 Å². The van der Waals surface area contributed by atoms with Gasteiger partial charge in [0, 0.05) is 54.6 Å². The molecule has 40 heavy (non-hydrogen) atoms. The highest BCUT2D eigenvalue weighted by Gasteiger charge is 2.16. The Hall–Kier alpha value is -4.70. The fraction of sp³-hybridized carbons (Fsp3) is 0.233. The van der Waals surface area contributed by atoms with E-state index in [1.54, 1.807) is 31.8 Å². The number of aromatic amines is 2. The van der Waals surface area contributed by atoms with Gasteiger partial charge in [0.15, 0.2) is 5.82 Å². The number of pyridine rings is 2. The van der Waals surface area contributed by atoms with Crippen LogP contribution in [0.4, 0.5) is 4.39 Å². The zero-order valence-corrected chi connectivity index (χ0v) is 22.2. The van der Waals surface area contributed by atoms with Gasteiger partial charge < -0.3 is 9.72 Å². The Kier molecular flexibility index (Phi) is 7.15. The van der Waals surface area contributed by atoms with Crippen molar-refractivity contribution in [2.45, 2.75) is 12.8 Å². The van der Waals surface area contributed by atoms with E-state index in [0.717, 1.165) is 36.1 Å². The summed E-state index contributed by atoms with van der Waals surface area (Å²) in [5.41, 5.74) is 4.94. The monoisotopic (exact) mass is 536 g/mol. The third-order valence-corrected chi connectivity index (χ3v) is 7.06. The Morgan fingerprint density at radius 2 is 1.98 bits per heavy atom. The summed E-state index contributed by atoms with van der Waals surface area (Å²) in [6, 6.07) is 8.50. The normalized spacial score (nSPS) is 14.8. The number of ether oxygens (including phenoxy) is 1. The Morgan fingerprint density at radius 3 is 2.77 bits per heavy atom. The Balaban J connectivity index is 1.35. The summed E-state index contributed by atoms with van der Waals surface area (Å²) in [6.45, 7) is 7.62.